The van der Waals surface area contributed by atoms with Gasteiger partial charge in [-0.05, 0) is 48.2 Å². The summed E-state index contributed by atoms with van der Waals surface area (Å²) in [5.74, 6) is -2.29. The number of carbonyl (C=O) groups excluding carboxylic acids is 1. The molecular formula is C21H20F2N2O3S2. The molecule has 2 atom stereocenters. The van der Waals surface area contributed by atoms with E-state index in [-0.39, 0.29) is 12.3 Å². The van der Waals surface area contributed by atoms with Crippen molar-refractivity contribution in [2.75, 3.05) is 0 Å². The van der Waals surface area contributed by atoms with Gasteiger partial charge in [0.2, 0.25) is 5.91 Å². The summed E-state index contributed by atoms with van der Waals surface area (Å²) < 4.78 is 46.8. The first-order valence-corrected chi connectivity index (χ1v) is 11.2. The van der Waals surface area contributed by atoms with Crippen LogP contribution >= 0.6 is 11.3 Å². The van der Waals surface area contributed by atoms with Crippen LogP contribution in [0.5, 0.6) is 0 Å². The molecule has 0 fully saturated rings. The van der Waals surface area contributed by atoms with Crippen molar-refractivity contribution in [3.63, 3.8) is 0 Å². The lowest BCUT2D eigenvalue weighted by Crippen LogP contribution is -2.31. The zero-order valence-electron chi connectivity index (χ0n) is 16.1. The molecule has 30 heavy (non-hydrogen) atoms. The average molecular weight is 451 g/mol. The number of hydrogen-bond donors (Lipinski definition) is 2. The molecule has 2 N–H and O–H groups in total. The number of amides is 1. The van der Waals surface area contributed by atoms with Crippen LogP contribution in [0.4, 0.5) is 8.78 Å². The molecule has 9 heteroatoms. The number of carbonyl (C=O) groups is 1. The Kier molecular flexibility index (Phi) is 7.41. The fourth-order valence-corrected chi connectivity index (χ4v) is 4.22. The third-order valence-electron chi connectivity index (χ3n) is 4.48. The SMILES string of the molecule is CCc1csc([C@H](Cc2ccc(S(=O)O)cc2)NC(=O)Cc2ccc(F)c(F)c2)n1. The highest BCUT2D eigenvalue weighted by Crippen LogP contribution is 2.23. The van der Waals surface area contributed by atoms with Gasteiger partial charge in [0.25, 0.3) is 0 Å². The lowest BCUT2D eigenvalue weighted by atomic mass is 10.1. The molecule has 158 valence electrons. The minimum atomic E-state index is -2.06. The third-order valence-corrected chi connectivity index (χ3v) is 6.16. The van der Waals surface area contributed by atoms with Gasteiger partial charge >= 0.3 is 0 Å². The number of aryl methyl sites for hydroxylation is 1. The van der Waals surface area contributed by atoms with E-state index in [4.69, 9.17) is 4.55 Å². The number of rotatable bonds is 8. The molecule has 5 nitrogen and oxygen atoms in total. The maximum Gasteiger partial charge on any atom is 0.224 e. The van der Waals surface area contributed by atoms with Gasteiger partial charge < -0.3 is 9.87 Å². The predicted octanol–water partition coefficient (Wildman–Crippen LogP) is 4.21. The molecule has 0 radical (unpaired) electrons. The van der Waals surface area contributed by atoms with Crippen LogP contribution in [0.15, 0.2) is 52.7 Å². The van der Waals surface area contributed by atoms with Gasteiger partial charge in [0.05, 0.1) is 23.1 Å². The van der Waals surface area contributed by atoms with Gasteiger partial charge in [-0.15, -0.1) is 11.3 Å². The quantitative estimate of drug-likeness (QED) is 0.504. The fraction of sp³-hybridized carbons (Fsp3) is 0.238. The number of thiazole rings is 1. The second-order valence-corrected chi connectivity index (χ2v) is 8.53. The van der Waals surface area contributed by atoms with E-state index in [1.807, 2.05) is 12.3 Å². The van der Waals surface area contributed by atoms with Crippen molar-refractivity contribution in [3.05, 3.63) is 81.3 Å². The minimum Gasteiger partial charge on any atom is -0.346 e. The van der Waals surface area contributed by atoms with Crippen LogP contribution in [0.2, 0.25) is 0 Å². The molecule has 0 aliphatic rings. The van der Waals surface area contributed by atoms with Crippen molar-refractivity contribution in [1.82, 2.24) is 10.3 Å². The van der Waals surface area contributed by atoms with Crippen molar-refractivity contribution in [1.29, 1.82) is 0 Å². The van der Waals surface area contributed by atoms with Crippen molar-refractivity contribution in [3.8, 4) is 0 Å². The van der Waals surface area contributed by atoms with Gasteiger partial charge in [-0.2, -0.15) is 0 Å². The van der Waals surface area contributed by atoms with Crippen LogP contribution in [0.1, 0.15) is 34.8 Å². The van der Waals surface area contributed by atoms with Gasteiger partial charge in [0.15, 0.2) is 22.7 Å². The third kappa shape index (κ3) is 5.78. The maximum atomic E-state index is 13.4. The van der Waals surface area contributed by atoms with E-state index in [2.05, 4.69) is 10.3 Å². The van der Waals surface area contributed by atoms with Crippen LogP contribution < -0.4 is 5.32 Å². The Labute approximate surface area is 179 Å². The van der Waals surface area contributed by atoms with Crippen molar-refractivity contribution >= 4 is 28.3 Å². The first-order chi connectivity index (χ1) is 14.4. The molecule has 0 spiro atoms. The molecule has 0 aliphatic heterocycles. The average Bonchev–Trinajstić information content (AvgIpc) is 3.20. The number of benzene rings is 2. The Bertz CT molecular complexity index is 1050. The summed E-state index contributed by atoms with van der Waals surface area (Å²) in [6.07, 6.45) is 1.10. The van der Waals surface area contributed by atoms with E-state index in [1.54, 1.807) is 24.3 Å². The number of aromatic nitrogens is 1. The van der Waals surface area contributed by atoms with Crippen molar-refractivity contribution < 1.29 is 22.3 Å². The first kappa shape index (κ1) is 22.2. The van der Waals surface area contributed by atoms with Crippen LogP contribution in [-0.4, -0.2) is 19.7 Å². The van der Waals surface area contributed by atoms with Crippen LogP contribution in [0.3, 0.4) is 0 Å². The minimum absolute atomic E-state index is 0.0951. The molecule has 0 saturated heterocycles. The number of nitrogens with one attached hydrogen (secondary N) is 1. The highest BCUT2D eigenvalue weighted by molar-refractivity contribution is 7.79. The zero-order chi connectivity index (χ0) is 21.7. The summed E-state index contributed by atoms with van der Waals surface area (Å²) in [6, 6.07) is 9.54. The molecule has 0 aliphatic carbocycles. The van der Waals surface area contributed by atoms with E-state index in [0.717, 1.165) is 34.8 Å². The normalized spacial score (nSPS) is 13.1. The van der Waals surface area contributed by atoms with Crippen LogP contribution in [0, 0.1) is 11.6 Å². The lowest BCUT2D eigenvalue weighted by molar-refractivity contribution is -0.121. The molecule has 1 heterocycles. The Morgan fingerprint density at radius 1 is 1.17 bits per heavy atom. The van der Waals surface area contributed by atoms with Crippen molar-refractivity contribution in [2.45, 2.75) is 37.1 Å². The van der Waals surface area contributed by atoms with Gasteiger partial charge in [-0.25, -0.2) is 18.0 Å². The Morgan fingerprint density at radius 2 is 1.87 bits per heavy atom. The largest absolute Gasteiger partial charge is 0.346 e. The molecule has 0 bridgehead atoms. The van der Waals surface area contributed by atoms with Gasteiger partial charge in [0, 0.05) is 5.38 Å². The molecule has 1 unspecified atom stereocenters. The topological polar surface area (TPSA) is 79.3 Å². The van der Waals surface area contributed by atoms with Gasteiger partial charge in [-0.3, -0.25) is 4.79 Å². The molecule has 3 rings (SSSR count). The summed E-state index contributed by atoms with van der Waals surface area (Å²) in [7, 11) is 0. The summed E-state index contributed by atoms with van der Waals surface area (Å²) in [5.41, 5.74) is 2.14. The Morgan fingerprint density at radius 3 is 2.47 bits per heavy atom. The smallest absolute Gasteiger partial charge is 0.224 e. The number of halogens is 2. The van der Waals surface area contributed by atoms with Crippen LogP contribution in [-0.2, 0) is 35.1 Å². The second-order valence-electron chi connectivity index (χ2n) is 6.67. The lowest BCUT2D eigenvalue weighted by Gasteiger charge is -2.17. The standard InChI is InChI=1S/C21H20F2N2O3S2/c1-2-15-12-29-21(24-15)19(10-13-3-6-16(7-4-13)30(27)28)25-20(26)11-14-5-8-17(22)18(23)9-14/h3-9,12,19H,2,10-11H2,1H3,(H,25,26)(H,27,28)/t19-/m0/s1. The highest BCUT2D eigenvalue weighted by atomic mass is 32.2. The van der Waals surface area contributed by atoms with E-state index in [1.165, 1.54) is 17.4 Å². The van der Waals surface area contributed by atoms with E-state index >= 15 is 0 Å². The summed E-state index contributed by atoms with van der Waals surface area (Å²) in [6.45, 7) is 1.99. The molecule has 3 aromatic rings. The monoisotopic (exact) mass is 450 g/mol. The molecule has 2 aromatic carbocycles. The molecule has 1 amide bonds. The fourth-order valence-electron chi connectivity index (χ4n) is 2.90. The van der Waals surface area contributed by atoms with E-state index < -0.39 is 28.8 Å². The number of hydrogen-bond acceptors (Lipinski definition) is 4. The van der Waals surface area contributed by atoms with Crippen molar-refractivity contribution in [2.24, 2.45) is 0 Å². The highest BCUT2D eigenvalue weighted by Gasteiger charge is 2.19. The van der Waals surface area contributed by atoms with E-state index in [9.17, 15) is 17.8 Å². The molecule has 0 saturated carbocycles. The Balaban J connectivity index is 1.77. The summed E-state index contributed by atoms with van der Waals surface area (Å²) in [5, 5.41) is 5.59. The Hall–Kier alpha value is -2.49. The van der Waals surface area contributed by atoms with E-state index in [0.29, 0.717) is 16.9 Å². The first-order valence-electron chi connectivity index (χ1n) is 9.23. The number of nitrogens with zero attached hydrogens (tertiary/aromatic N) is 1. The zero-order valence-corrected chi connectivity index (χ0v) is 17.7. The predicted molar refractivity (Wildman–Crippen MR) is 112 cm³/mol. The van der Waals surface area contributed by atoms with Gasteiger partial charge in [0.1, 0.15) is 5.01 Å². The van der Waals surface area contributed by atoms with Gasteiger partial charge in [-0.1, -0.05) is 25.1 Å². The second kappa shape index (κ2) is 10.0. The molecule has 1 aromatic heterocycles. The van der Waals surface area contributed by atoms with Crippen LogP contribution in [0.25, 0.3) is 0 Å². The molecular weight excluding hydrogens is 430 g/mol. The summed E-state index contributed by atoms with van der Waals surface area (Å²) in [4.78, 5) is 17.4. The maximum absolute atomic E-state index is 13.4. The summed E-state index contributed by atoms with van der Waals surface area (Å²) >= 11 is -0.618.